The first kappa shape index (κ1) is 18.6. The maximum absolute atomic E-state index is 12.5. The van der Waals surface area contributed by atoms with Crippen molar-refractivity contribution in [2.24, 2.45) is 0 Å². The predicted octanol–water partition coefficient (Wildman–Crippen LogP) is 1.86. The summed E-state index contributed by atoms with van der Waals surface area (Å²) in [7, 11) is 6.17. The van der Waals surface area contributed by atoms with Gasteiger partial charge in [-0.1, -0.05) is 12.1 Å². The molecule has 1 atom stereocenters. The molecule has 1 saturated heterocycles. The summed E-state index contributed by atoms with van der Waals surface area (Å²) in [6.45, 7) is 3.68. The van der Waals surface area contributed by atoms with Gasteiger partial charge in [0.2, 0.25) is 5.91 Å². The molecule has 0 spiro atoms. The number of carbonyl (C=O) groups is 1. The Kier molecular flexibility index (Phi) is 6.06. The second kappa shape index (κ2) is 8.47. The van der Waals surface area contributed by atoms with Gasteiger partial charge in [0.05, 0.1) is 5.69 Å². The fraction of sp³-hybridized carbons (Fsp3) is 0.500. The molecule has 140 valence electrons. The van der Waals surface area contributed by atoms with E-state index in [0.29, 0.717) is 19.0 Å². The van der Waals surface area contributed by atoms with E-state index in [1.165, 1.54) is 6.42 Å². The Labute approximate surface area is 156 Å². The van der Waals surface area contributed by atoms with E-state index in [1.807, 2.05) is 41.0 Å². The third-order valence-electron chi connectivity index (χ3n) is 5.19. The second-order valence-electron chi connectivity index (χ2n) is 7.31. The smallest absolute Gasteiger partial charge is 0.223 e. The van der Waals surface area contributed by atoms with Gasteiger partial charge in [-0.3, -0.25) is 4.79 Å². The zero-order valence-corrected chi connectivity index (χ0v) is 16.0. The van der Waals surface area contributed by atoms with Crippen molar-refractivity contribution in [1.82, 2.24) is 24.5 Å². The summed E-state index contributed by atoms with van der Waals surface area (Å²) in [5, 5.41) is 4.26. The van der Waals surface area contributed by atoms with E-state index >= 15 is 0 Å². The van der Waals surface area contributed by atoms with Crippen LogP contribution < -0.4 is 0 Å². The summed E-state index contributed by atoms with van der Waals surface area (Å²) in [6.07, 6.45) is 5.44. The third kappa shape index (κ3) is 4.71. The summed E-state index contributed by atoms with van der Waals surface area (Å²) in [4.78, 5) is 19.0. The highest BCUT2D eigenvalue weighted by molar-refractivity contribution is 5.76. The van der Waals surface area contributed by atoms with E-state index in [9.17, 15) is 4.79 Å². The molecule has 1 aliphatic rings. The van der Waals surface area contributed by atoms with Crippen LogP contribution in [0.15, 0.2) is 42.7 Å². The third-order valence-corrected chi connectivity index (χ3v) is 5.19. The molecule has 1 amide bonds. The van der Waals surface area contributed by atoms with Crippen LogP contribution in [0.4, 0.5) is 0 Å². The molecule has 26 heavy (non-hydrogen) atoms. The molecule has 0 saturated carbocycles. The lowest BCUT2D eigenvalue weighted by Crippen LogP contribution is -2.37. The average Bonchev–Trinajstić information content (AvgIpc) is 3.31. The molecule has 2 heterocycles. The maximum atomic E-state index is 12.5. The average molecular weight is 355 g/mol. The molecule has 1 aromatic heterocycles. The Morgan fingerprint density at radius 1 is 1.31 bits per heavy atom. The molecule has 0 aliphatic carbocycles. The van der Waals surface area contributed by atoms with Crippen LogP contribution in [0.5, 0.6) is 0 Å². The van der Waals surface area contributed by atoms with Crippen molar-refractivity contribution in [3.05, 3.63) is 48.3 Å². The molecule has 2 aromatic rings. The first-order chi connectivity index (χ1) is 12.5. The number of likely N-dealkylation sites (tertiary alicyclic amines) is 1. The van der Waals surface area contributed by atoms with Gasteiger partial charge in [0.25, 0.3) is 0 Å². The Balaban J connectivity index is 1.50. The first-order valence-corrected chi connectivity index (χ1v) is 9.24. The van der Waals surface area contributed by atoms with Gasteiger partial charge >= 0.3 is 0 Å². The van der Waals surface area contributed by atoms with Crippen molar-refractivity contribution in [2.75, 3.05) is 40.8 Å². The highest BCUT2D eigenvalue weighted by Gasteiger charge is 2.23. The molecular formula is C20H29N5O. The molecule has 1 fully saturated rings. The lowest BCUT2D eigenvalue weighted by molar-refractivity contribution is -0.130. The van der Waals surface area contributed by atoms with E-state index in [2.05, 4.69) is 41.1 Å². The Bertz CT molecular complexity index is 715. The zero-order valence-electron chi connectivity index (χ0n) is 16.0. The molecule has 6 heteroatoms. The summed E-state index contributed by atoms with van der Waals surface area (Å²) >= 11 is 0. The van der Waals surface area contributed by atoms with Crippen molar-refractivity contribution in [3.8, 4) is 5.69 Å². The molecule has 6 nitrogen and oxygen atoms in total. The van der Waals surface area contributed by atoms with Gasteiger partial charge in [-0.05, 0) is 50.8 Å². The Morgan fingerprint density at radius 2 is 2.15 bits per heavy atom. The Morgan fingerprint density at radius 3 is 2.85 bits per heavy atom. The number of rotatable bonds is 7. The number of nitrogens with zero attached hydrogens (tertiary/aromatic N) is 5. The van der Waals surface area contributed by atoms with Gasteiger partial charge in [0.15, 0.2) is 0 Å². The monoisotopic (exact) mass is 355 g/mol. The summed E-state index contributed by atoms with van der Waals surface area (Å²) < 4.78 is 1.83. The number of hydrogen-bond donors (Lipinski definition) is 0. The van der Waals surface area contributed by atoms with Crippen molar-refractivity contribution in [2.45, 2.75) is 25.4 Å². The molecule has 1 aromatic carbocycles. The highest BCUT2D eigenvalue weighted by atomic mass is 16.2. The summed E-state index contributed by atoms with van der Waals surface area (Å²) in [5.74, 6) is 0.188. The Hall–Kier alpha value is -2.18. The quantitative estimate of drug-likeness (QED) is 0.760. The fourth-order valence-electron chi connectivity index (χ4n) is 3.50. The van der Waals surface area contributed by atoms with Crippen LogP contribution in [0, 0.1) is 0 Å². The molecule has 1 unspecified atom stereocenters. The first-order valence-electron chi connectivity index (χ1n) is 9.24. The van der Waals surface area contributed by atoms with Crippen LogP contribution in [0.1, 0.15) is 18.4 Å². The second-order valence-corrected chi connectivity index (χ2v) is 7.31. The molecule has 0 N–H and O–H groups in total. The van der Waals surface area contributed by atoms with Gasteiger partial charge < -0.3 is 14.7 Å². The van der Waals surface area contributed by atoms with E-state index in [4.69, 9.17) is 0 Å². The van der Waals surface area contributed by atoms with Crippen molar-refractivity contribution >= 4 is 5.91 Å². The molecule has 0 bridgehead atoms. The highest BCUT2D eigenvalue weighted by Crippen LogP contribution is 2.14. The number of hydrogen-bond acceptors (Lipinski definition) is 4. The van der Waals surface area contributed by atoms with Gasteiger partial charge in [-0.15, -0.1) is 0 Å². The van der Waals surface area contributed by atoms with Gasteiger partial charge in [0, 0.05) is 51.5 Å². The molecule has 0 radical (unpaired) electrons. The number of benzene rings is 1. The number of aromatic nitrogens is 2. The maximum Gasteiger partial charge on any atom is 0.223 e. The van der Waals surface area contributed by atoms with Gasteiger partial charge in [-0.2, -0.15) is 5.10 Å². The molecule has 1 aliphatic heterocycles. The van der Waals surface area contributed by atoms with Crippen LogP contribution in [-0.4, -0.2) is 77.2 Å². The predicted molar refractivity (Wildman–Crippen MR) is 103 cm³/mol. The summed E-state index contributed by atoms with van der Waals surface area (Å²) in [6, 6.07) is 10.6. The zero-order chi connectivity index (χ0) is 18.5. The minimum Gasteiger partial charge on any atom is -0.341 e. The lowest BCUT2D eigenvalue weighted by Gasteiger charge is -2.25. The van der Waals surface area contributed by atoms with E-state index in [-0.39, 0.29) is 5.91 Å². The van der Waals surface area contributed by atoms with Crippen molar-refractivity contribution in [3.63, 3.8) is 0 Å². The van der Waals surface area contributed by atoms with Crippen molar-refractivity contribution in [1.29, 1.82) is 0 Å². The van der Waals surface area contributed by atoms with Crippen molar-refractivity contribution < 1.29 is 4.79 Å². The number of likely N-dealkylation sites (N-methyl/N-ethyl adjacent to an activating group) is 2. The van der Waals surface area contributed by atoms with Crippen LogP contribution in [0.2, 0.25) is 0 Å². The topological polar surface area (TPSA) is 44.6 Å². The normalized spacial score (nSPS) is 17.8. The number of carbonyl (C=O) groups excluding carboxylic acids is 1. The van der Waals surface area contributed by atoms with Crippen LogP contribution in [0.25, 0.3) is 5.69 Å². The van der Waals surface area contributed by atoms with Crippen LogP contribution in [0.3, 0.4) is 0 Å². The van der Waals surface area contributed by atoms with Crippen LogP contribution in [-0.2, 0) is 11.3 Å². The largest absolute Gasteiger partial charge is 0.341 e. The van der Waals surface area contributed by atoms with Gasteiger partial charge in [-0.25, -0.2) is 4.68 Å². The number of amides is 1. The fourth-order valence-corrected chi connectivity index (χ4v) is 3.50. The lowest BCUT2D eigenvalue weighted by atomic mass is 10.2. The van der Waals surface area contributed by atoms with Gasteiger partial charge in [0.1, 0.15) is 0 Å². The van der Waals surface area contributed by atoms with E-state index in [1.54, 1.807) is 6.20 Å². The standard InChI is InChI=1S/C20H29N5O/c1-22-12-8-19(16-22)23(2)13-9-20(26)24(3)15-17-6-4-7-18(14-17)25-11-5-10-21-25/h4-7,10-11,14,19H,8-9,12-13,15-16H2,1-3H3. The van der Waals surface area contributed by atoms with E-state index in [0.717, 1.165) is 30.9 Å². The SMILES string of the molecule is CN1CCC(N(C)CCC(=O)N(C)Cc2cccc(-n3cccn3)c2)C1. The minimum atomic E-state index is 0.188. The molecular weight excluding hydrogens is 326 g/mol. The molecule has 3 rings (SSSR count). The van der Waals surface area contributed by atoms with E-state index < -0.39 is 0 Å². The van der Waals surface area contributed by atoms with Crippen LogP contribution >= 0.6 is 0 Å². The summed E-state index contributed by atoms with van der Waals surface area (Å²) in [5.41, 5.74) is 2.12. The minimum absolute atomic E-state index is 0.188.